The Morgan fingerprint density at radius 1 is 1.73 bits per heavy atom. The highest BCUT2D eigenvalue weighted by Gasteiger charge is 2.15. The second-order valence-electron chi connectivity index (χ2n) is 3.66. The molecule has 0 aliphatic heterocycles. The van der Waals surface area contributed by atoms with Crippen LogP contribution in [0, 0.1) is 5.92 Å². The van der Waals surface area contributed by atoms with Crippen molar-refractivity contribution in [2.24, 2.45) is 11.7 Å². The molecule has 0 saturated heterocycles. The van der Waals surface area contributed by atoms with Gasteiger partial charge >= 0.3 is 0 Å². The first-order valence-electron chi connectivity index (χ1n) is 4.74. The molecule has 15 heavy (non-hydrogen) atoms. The summed E-state index contributed by atoms with van der Waals surface area (Å²) in [4.78, 5) is 14.4. The summed E-state index contributed by atoms with van der Waals surface area (Å²) >= 11 is 4.79. The van der Waals surface area contributed by atoms with E-state index in [1.807, 2.05) is 25.4 Å². The number of rotatable bonds is 4. The topological polar surface area (TPSA) is 46.3 Å². The number of hydrogen-bond acceptors (Lipinski definition) is 3. The molecular formula is C10H15BrN2OS. The van der Waals surface area contributed by atoms with Gasteiger partial charge in [0.15, 0.2) is 0 Å². The zero-order chi connectivity index (χ0) is 11.4. The van der Waals surface area contributed by atoms with Crippen molar-refractivity contribution in [3.8, 4) is 0 Å². The molecule has 5 heteroatoms. The third-order valence-electron chi connectivity index (χ3n) is 2.11. The molecule has 0 aliphatic carbocycles. The number of thiophene rings is 1. The standard InChI is InChI=1S/C10H15BrN2OS/c1-7(4-12)5-13(2)10(14)9-3-8(11)6-15-9/h3,6-7H,4-5,12H2,1-2H3. The number of amides is 1. The van der Waals surface area contributed by atoms with Crippen LogP contribution < -0.4 is 5.73 Å². The molecule has 1 rings (SSSR count). The summed E-state index contributed by atoms with van der Waals surface area (Å²) in [5, 5.41) is 1.91. The van der Waals surface area contributed by atoms with Crippen LogP contribution >= 0.6 is 27.3 Å². The molecule has 0 aromatic carbocycles. The van der Waals surface area contributed by atoms with Crippen molar-refractivity contribution in [3.63, 3.8) is 0 Å². The van der Waals surface area contributed by atoms with Gasteiger partial charge in [0, 0.05) is 23.4 Å². The van der Waals surface area contributed by atoms with Crippen LogP contribution in [-0.4, -0.2) is 30.9 Å². The highest BCUT2D eigenvalue weighted by Crippen LogP contribution is 2.21. The maximum absolute atomic E-state index is 11.9. The first kappa shape index (κ1) is 12.7. The van der Waals surface area contributed by atoms with Crippen LogP contribution in [0.5, 0.6) is 0 Å². The molecule has 1 aromatic heterocycles. The number of hydrogen-bond donors (Lipinski definition) is 1. The van der Waals surface area contributed by atoms with Gasteiger partial charge in [-0.2, -0.15) is 0 Å². The largest absolute Gasteiger partial charge is 0.341 e. The fraction of sp³-hybridized carbons (Fsp3) is 0.500. The van der Waals surface area contributed by atoms with Gasteiger partial charge in [0.2, 0.25) is 0 Å². The van der Waals surface area contributed by atoms with Crippen molar-refractivity contribution in [3.05, 3.63) is 20.8 Å². The van der Waals surface area contributed by atoms with E-state index in [0.29, 0.717) is 19.0 Å². The molecule has 0 aliphatic rings. The van der Waals surface area contributed by atoms with Crippen molar-refractivity contribution in [2.75, 3.05) is 20.1 Å². The summed E-state index contributed by atoms with van der Waals surface area (Å²) in [5.74, 6) is 0.397. The summed E-state index contributed by atoms with van der Waals surface area (Å²) in [6, 6.07) is 1.84. The highest BCUT2D eigenvalue weighted by molar-refractivity contribution is 9.10. The zero-order valence-corrected chi connectivity index (χ0v) is 11.3. The number of carbonyl (C=O) groups is 1. The van der Waals surface area contributed by atoms with Crippen LogP contribution in [0.15, 0.2) is 15.9 Å². The first-order valence-corrected chi connectivity index (χ1v) is 6.41. The van der Waals surface area contributed by atoms with Crippen molar-refractivity contribution in [1.29, 1.82) is 0 Å². The van der Waals surface area contributed by atoms with Gasteiger partial charge in [-0.3, -0.25) is 4.79 Å². The Kier molecular flexibility index (Phi) is 4.76. The van der Waals surface area contributed by atoms with E-state index in [1.54, 1.807) is 4.90 Å². The van der Waals surface area contributed by atoms with Crippen LogP contribution in [0.1, 0.15) is 16.6 Å². The maximum atomic E-state index is 11.9. The molecule has 0 saturated carbocycles. The molecule has 1 amide bonds. The molecule has 3 nitrogen and oxygen atoms in total. The molecule has 0 radical (unpaired) electrons. The van der Waals surface area contributed by atoms with Gasteiger partial charge < -0.3 is 10.6 Å². The van der Waals surface area contributed by atoms with E-state index in [9.17, 15) is 4.79 Å². The number of nitrogens with two attached hydrogens (primary N) is 1. The minimum Gasteiger partial charge on any atom is -0.341 e. The quantitative estimate of drug-likeness (QED) is 0.924. The number of nitrogens with zero attached hydrogens (tertiary/aromatic N) is 1. The number of halogens is 1. The van der Waals surface area contributed by atoms with E-state index in [2.05, 4.69) is 15.9 Å². The van der Waals surface area contributed by atoms with Gasteiger partial charge in [-0.25, -0.2) is 0 Å². The lowest BCUT2D eigenvalue weighted by Crippen LogP contribution is -2.33. The first-order chi connectivity index (χ1) is 7.04. The summed E-state index contributed by atoms with van der Waals surface area (Å²) in [6.45, 7) is 3.34. The average Bonchev–Trinajstić information content (AvgIpc) is 2.63. The Bertz CT molecular complexity index is 340. The lowest BCUT2D eigenvalue weighted by molar-refractivity contribution is 0.0782. The maximum Gasteiger partial charge on any atom is 0.263 e. The van der Waals surface area contributed by atoms with Gasteiger partial charge in [0.25, 0.3) is 5.91 Å². The minimum absolute atomic E-state index is 0.0611. The van der Waals surface area contributed by atoms with E-state index in [-0.39, 0.29) is 5.91 Å². The molecule has 84 valence electrons. The predicted octanol–water partition coefficient (Wildman–Crippen LogP) is 2.18. The fourth-order valence-electron chi connectivity index (χ4n) is 1.24. The Balaban J connectivity index is 2.60. The fourth-order valence-corrected chi connectivity index (χ4v) is 2.66. The van der Waals surface area contributed by atoms with Crippen LogP contribution in [0.4, 0.5) is 0 Å². The molecule has 0 bridgehead atoms. The SMILES string of the molecule is CC(CN)CN(C)C(=O)c1cc(Br)cs1. The van der Waals surface area contributed by atoms with Gasteiger partial charge in [0.05, 0.1) is 4.88 Å². The molecule has 1 aromatic rings. The summed E-state index contributed by atoms with van der Waals surface area (Å²) in [7, 11) is 1.81. The molecule has 1 heterocycles. The lowest BCUT2D eigenvalue weighted by Gasteiger charge is -2.19. The molecule has 1 unspecified atom stereocenters. The van der Waals surface area contributed by atoms with Crippen molar-refractivity contribution < 1.29 is 4.79 Å². The summed E-state index contributed by atoms with van der Waals surface area (Å²) < 4.78 is 0.955. The third kappa shape index (κ3) is 3.59. The van der Waals surface area contributed by atoms with Crippen LogP contribution in [0.2, 0.25) is 0 Å². The summed E-state index contributed by atoms with van der Waals surface area (Å²) in [5.41, 5.74) is 5.52. The minimum atomic E-state index is 0.0611. The number of carbonyl (C=O) groups excluding carboxylic acids is 1. The van der Waals surface area contributed by atoms with E-state index in [1.165, 1.54) is 11.3 Å². The molecular weight excluding hydrogens is 276 g/mol. The van der Waals surface area contributed by atoms with Crippen molar-refractivity contribution >= 4 is 33.2 Å². The van der Waals surface area contributed by atoms with Gasteiger partial charge in [0.1, 0.15) is 0 Å². The molecule has 0 fully saturated rings. The zero-order valence-electron chi connectivity index (χ0n) is 8.87. The smallest absolute Gasteiger partial charge is 0.263 e. The molecule has 0 spiro atoms. The van der Waals surface area contributed by atoms with Crippen molar-refractivity contribution in [1.82, 2.24) is 4.90 Å². The van der Waals surface area contributed by atoms with Crippen molar-refractivity contribution in [2.45, 2.75) is 6.92 Å². The Hall–Kier alpha value is -0.390. The highest BCUT2D eigenvalue weighted by atomic mass is 79.9. The Labute approximate surface area is 102 Å². The van der Waals surface area contributed by atoms with Gasteiger partial charge in [-0.05, 0) is 34.5 Å². The van der Waals surface area contributed by atoms with E-state index < -0.39 is 0 Å². The van der Waals surface area contributed by atoms with E-state index >= 15 is 0 Å². The van der Waals surface area contributed by atoms with Crippen LogP contribution in [0.3, 0.4) is 0 Å². The van der Waals surface area contributed by atoms with E-state index in [0.717, 1.165) is 9.35 Å². The van der Waals surface area contributed by atoms with Gasteiger partial charge in [-0.15, -0.1) is 11.3 Å². The van der Waals surface area contributed by atoms with Gasteiger partial charge in [-0.1, -0.05) is 6.92 Å². The Morgan fingerprint density at radius 3 is 2.87 bits per heavy atom. The monoisotopic (exact) mass is 290 g/mol. The Morgan fingerprint density at radius 2 is 2.40 bits per heavy atom. The second kappa shape index (κ2) is 5.63. The molecule has 1 atom stereocenters. The average molecular weight is 291 g/mol. The predicted molar refractivity (Wildman–Crippen MR) is 67.2 cm³/mol. The van der Waals surface area contributed by atoms with Crippen LogP contribution in [0.25, 0.3) is 0 Å². The van der Waals surface area contributed by atoms with Crippen LogP contribution in [-0.2, 0) is 0 Å². The summed E-state index contributed by atoms with van der Waals surface area (Å²) in [6.07, 6.45) is 0. The normalized spacial score (nSPS) is 12.5. The second-order valence-corrected chi connectivity index (χ2v) is 5.48. The third-order valence-corrected chi connectivity index (χ3v) is 3.79. The molecule has 2 N–H and O–H groups in total. The lowest BCUT2D eigenvalue weighted by atomic mass is 10.2. The van der Waals surface area contributed by atoms with E-state index in [4.69, 9.17) is 5.73 Å².